The molecule has 2 aliphatic rings. The first kappa shape index (κ1) is 31.2. The minimum absolute atomic E-state index is 0.0721. The van der Waals surface area contributed by atoms with Gasteiger partial charge in [0.25, 0.3) is 11.5 Å². The highest BCUT2D eigenvalue weighted by molar-refractivity contribution is 5.98. The number of carbonyl (C=O) groups excluding carboxylic acids is 2. The van der Waals surface area contributed by atoms with E-state index in [4.69, 9.17) is 14.2 Å². The summed E-state index contributed by atoms with van der Waals surface area (Å²) < 4.78 is 49.0. The van der Waals surface area contributed by atoms with Gasteiger partial charge >= 0.3 is 0 Å². The highest BCUT2D eigenvalue weighted by Gasteiger charge is 2.29. The standard InChI is InChI=1S/C33H37F2N3O6/c1-18-13-28(42-5)29(33(41)37(18)4)24-9-8-21(23-7-6-11-44-31(23)24)14-27(20(3)39)36-32(40)30-25(34)15-22(16-26(30)35)38-10-12-43-17-19(38)2/h8-9,13,15-16,19,27H,6-7,10-12,14,17H2,1-5H3,(H,36,40)/t19-,27-/m0/s1. The largest absolute Gasteiger partial charge is 0.496 e. The predicted molar refractivity (Wildman–Crippen MR) is 162 cm³/mol. The molecular weight excluding hydrogens is 572 g/mol. The number of rotatable bonds is 8. The molecule has 11 heteroatoms. The summed E-state index contributed by atoms with van der Waals surface area (Å²) in [5.41, 5.74) is 2.54. The number of nitrogens with one attached hydrogen (secondary N) is 1. The summed E-state index contributed by atoms with van der Waals surface area (Å²) in [6.07, 6.45) is 1.41. The maximum absolute atomic E-state index is 15.2. The third-order valence-corrected chi connectivity index (χ3v) is 8.47. The first-order valence-corrected chi connectivity index (χ1v) is 14.7. The van der Waals surface area contributed by atoms with Crippen molar-refractivity contribution in [1.82, 2.24) is 9.88 Å². The summed E-state index contributed by atoms with van der Waals surface area (Å²) in [7, 11) is 3.19. The lowest BCUT2D eigenvalue weighted by Crippen LogP contribution is -2.44. The third-order valence-electron chi connectivity index (χ3n) is 8.47. The third kappa shape index (κ3) is 5.93. The van der Waals surface area contributed by atoms with E-state index in [-0.39, 0.29) is 23.8 Å². The molecular formula is C33H37F2N3O6. The quantitative estimate of drug-likeness (QED) is 0.410. The summed E-state index contributed by atoms with van der Waals surface area (Å²) in [5, 5.41) is 2.55. The number of hydrogen-bond acceptors (Lipinski definition) is 7. The smallest absolute Gasteiger partial charge is 0.262 e. The number of carbonyl (C=O) groups is 2. The van der Waals surface area contributed by atoms with Crippen molar-refractivity contribution in [3.05, 3.63) is 74.7 Å². The molecule has 0 bridgehead atoms. The van der Waals surface area contributed by atoms with Crippen LogP contribution >= 0.6 is 0 Å². The minimum atomic E-state index is -1.06. The molecule has 1 amide bonds. The Morgan fingerprint density at radius 3 is 2.55 bits per heavy atom. The number of fused-ring (bicyclic) bond motifs is 1. The van der Waals surface area contributed by atoms with Gasteiger partial charge in [-0.25, -0.2) is 8.78 Å². The molecule has 2 aliphatic heterocycles. The number of ketones is 1. The van der Waals surface area contributed by atoms with Crippen LogP contribution in [0.4, 0.5) is 14.5 Å². The number of halogens is 2. The number of morpholine rings is 1. The van der Waals surface area contributed by atoms with Crippen molar-refractivity contribution in [3.8, 4) is 22.6 Å². The Bertz CT molecular complexity index is 1650. The highest BCUT2D eigenvalue weighted by Crippen LogP contribution is 2.41. The van der Waals surface area contributed by atoms with Crippen LogP contribution < -0.4 is 25.2 Å². The second-order valence-corrected chi connectivity index (χ2v) is 11.4. The van der Waals surface area contributed by atoms with Crippen LogP contribution in [0.2, 0.25) is 0 Å². The van der Waals surface area contributed by atoms with Gasteiger partial charge in [0.1, 0.15) is 28.7 Å². The number of ether oxygens (including phenoxy) is 3. The van der Waals surface area contributed by atoms with E-state index in [2.05, 4.69) is 5.32 Å². The van der Waals surface area contributed by atoms with E-state index in [0.717, 1.165) is 29.0 Å². The number of methoxy groups -OCH3 is 1. The lowest BCUT2D eigenvalue weighted by atomic mass is 9.89. The van der Waals surface area contributed by atoms with Gasteiger partial charge in [0.15, 0.2) is 5.78 Å². The molecule has 0 spiro atoms. The van der Waals surface area contributed by atoms with Crippen molar-refractivity contribution >= 4 is 17.4 Å². The predicted octanol–water partition coefficient (Wildman–Crippen LogP) is 4.13. The first-order valence-electron chi connectivity index (χ1n) is 14.7. The summed E-state index contributed by atoms with van der Waals surface area (Å²) in [4.78, 5) is 41.0. The Hall–Kier alpha value is -4.25. The zero-order valence-corrected chi connectivity index (χ0v) is 25.6. The van der Waals surface area contributed by atoms with E-state index in [1.54, 1.807) is 25.2 Å². The Labute approximate surface area is 254 Å². The second kappa shape index (κ2) is 12.8. The van der Waals surface area contributed by atoms with Crippen molar-refractivity contribution in [2.75, 3.05) is 38.4 Å². The van der Waals surface area contributed by atoms with Gasteiger partial charge < -0.3 is 29.0 Å². The van der Waals surface area contributed by atoms with Crippen LogP contribution in [0.15, 0.2) is 35.1 Å². The number of Topliss-reactive ketones (excluding diaryl/α,β-unsaturated/α-hetero) is 1. The molecule has 0 saturated carbocycles. The topological polar surface area (TPSA) is 99.1 Å². The van der Waals surface area contributed by atoms with E-state index in [9.17, 15) is 14.4 Å². The Morgan fingerprint density at radius 1 is 1.16 bits per heavy atom. The van der Waals surface area contributed by atoms with Gasteiger partial charge in [-0.3, -0.25) is 14.4 Å². The summed E-state index contributed by atoms with van der Waals surface area (Å²) in [6.45, 7) is 6.80. The molecule has 1 N–H and O–H groups in total. The van der Waals surface area contributed by atoms with E-state index in [1.165, 1.54) is 18.6 Å². The van der Waals surface area contributed by atoms with Crippen molar-refractivity contribution in [1.29, 1.82) is 0 Å². The zero-order valence-electron chi connectivity index (χ0n) is 25.6. The summed E-state index contributed by atoms with van der Waals surface area (Å²) >= 11 is 0. The van der Waals surface area contributed by atoms with Gasteiger partial charge in [0, 0.05) is 49.1 Å². The molecule has 1 saturated heterocycles. The number of aromatic nitrogens is 1. The highest BCUT2D eigenvalue weighted by atomic mass is 19.1. The van der Waals surface area contributed by atoms with Crippen molar-refractivity contribution < 1.29 is 32.6 Å². The molecule has 0 radical (unpaired) electrons. The molecule has 0 unspecified atom stereocenters. The molecule has 5 rings (SSSR count). The number of nitrogens with zero attached hydrogens (tertiary/aromatic N) is 2. The number of pyridine rings is 1. The van der Waals surface area contributed by atoms with Crippen LogP contribution in [0.25, 0.3) is 11.1 Å². The van der Waals surface area contributed by atoms with Crippen LogP contribution in [0.5, 0.6) is 11.5 Å². The van der Waals surface area contributed by atoms with Crippen LogP contribution in [0.3, 0.4) is 0 Å². The van der Waals surface area contributed by atoms with Crippen LogP contribution in [-0.4, -0.2) is 61.8 Å². The molecule has 3 aromatic rings. The molecule has 0 aliphatic carbocycles. The lowest BCUT2D eigenvalue weighted by Gasteiger charge is -2.35. The zero-order chi connectivity index (χ0) is 31.7. The number of hydrogen-bond donors (Lipinski definition) is 1. The molecule has 44 heavy (non-hydrogen) atoms. The van der Waals surface area contributed by atoms with Gasteiger partial charge in [-0.15, -0.1) is 0 Å². The normalized spacial score (nSPS) is 17.0. The Morgan fingerprint density at radius 2 is 1.89 bits per heavy atom. The molecule has 9 nitrogen and oxygen atoms in total. The number of aryl methyl sites for hydroxylation is 1. The van der Waals surface area contributed by atoms with Gasteiger partial charge in [-0.05, 0) is 56.9 Å². The fourth-order valence-corrected chi connectivity index (χ4v) is 5.92. The van der Waals surface area contributed by atoms with Gasteiger partial charge in [-0.1, -0.05) is 12.1 Å². The molecule has 3 heterocycles. The van der Waals surface area contributed by atoms with E-state index >= 15 is 8.78 Å². The average Bonchev–Trinajstić information content (AvgIpc) is 2.99. The second-order valence-electron chi connectivity index (χ2n) is 11.4. The number of amides is 1. The first-order chi connectivity index (χ1) is 21.0. The molecule has 234 valence electrons. The maximum Gasteiger partial charge on any atom is 0.262 e. The molecule has 1 fully saturated rings. The monoisotopic (exact) mass is 609 g/mol. The van der Waals surface area contributed by atoms with Crippen molar-refractivity contribution in [3.63, 3.8) is 0 Å². The van der Waals surface area contributed by atoms with Gasteiger partial charge in [0.2, 0.25) is 0 Å². The van der Waals surface area contributed by atoms with Crippen molar-refractivity contribution in [2.24, 2.45) is 7.05 Å². The summed E-state index contributed by atoms with van der Waals surface area (Å²) in [6, 6.07) is 6.46. The van der Waals surface area contributed by atoms with Crippen molar-refractivity contribution in [2.45, 2.75) is 52.1 Å². The van der Waals surface area contributed by atoms with E-state index in [1.807, 2.05) is 18.7 Å². The average molecular weight is 610 g/mol. The van der Waals surface area contributed by atoms with E-state index in [0.29, 0.717) is 67.5 Å². The SMILES string of the molecule is COc1cc(C)n(C)c(=O)c1-c1ccc(C[C@H](NC(=O)c2c(F)cc(N3CCOC[C@@H]3C)cc2F)C(C)=O)c2c1OCCC2. The number of anilines is 1. The van der Waals surface area contributed by atoms with E-state index < -0.39 is 29.1 Å². The van der Waals surface area contributed by atoms with Crippen LogP contribution in [0, 0.1) is 18.6 Å². The van der Waals surface area contributed by atoms with Crippen LogP contribution in [-0.2, 0) is 29.4 Å². The van der Waals surface area contributed by atoms with Gasteiger partial charge in [-0.2, -0.15) is 0 Å². The van der Waals surface area contributed by atoms with Crippen LogP contribution in [0.1, 0.15) is 47.4 Å². The summed E-state index contributed by atoms with van der Waals surface area (Å²) in [5.74, 6) is -2.48. The Kier molecular flexibility index (Phi) is 9.05. The number of benzene rings is 2. The Balaban J connectivity index is 1.45. The fourth-order valence-electron chi connectivity index (χ4n) is 5.92. The molecule has 2 atom stereocenters. The minimum Gasteiger partial charge on any atom is -0.496 e. The fraction of sp³-hybridized carbons (Fsp3) is 0.424. The maximum atomic E-state index is 15.2. The van der Waals surface area contributed by atoms with Gasteiger partial charge in [0.05, 0.1) is 38.5 Å². The molecule has 2 aromatic carbocycles. The lowest BCUT2D eigenvalue weighted by molar-refractivity contribution is -0.118. The molecule has 1 aromatic heterocycles.